The molecule has 1 aliphatic rings. The van der Waals surface area contributed by atoms with Crippen molar-refractivity contribution in [2.75, 3.05) is 13.1 Å². The van der Waals surface area contributed by atoms with Crippen molar-refractivity contribution in [1.29, 1.82) is 0 Å². The van der Waals surface area contributed by atoms with Crippen LogP contribution in [0.4, 0.5) is 0 Å². The molecule has 3 rings (SSSR count). The number of carbonyl (C=O) groups excluding carboxylic acids is 2. The van der Waals surface area contributed by atoms with E-state index in [2.05, 4.69) is 20.3 Å². The van der Waals surface area contributed by atoms with Gasteiger partial charge in [0.15, 0.2) is 0 Å². The van der Waals surface area contributed by atoms with Crippen LogP contribution in [0.5, 0.6) is 0 Å². The monoisotopic (exact) mass is 353 g/mol. The van der Waals surface area contributed by atoms with Crippen LogP contribution in [-0.2, 0) is 17.8 Å². The van der Waals surface area contributed by atoms with Gasteiger partial charge in [0.2, 0.25) is 5.91 Å². The minimum atomic E-state index is -0.157. The first-order chi connectivity index (χ1) is 12.6. The second-order valence-electron chi connectivity index (χ2n) is 6.57. The van der Waals surface area contributed by atoms with Gasteiger partial charge in [0.25, 0.3) is 5.91 Å². The van der Waals surface area contributed by atoms with Gasteiger partial charge >= 0.3 is 0 Å². The Kier molecular flexibility index (Phi) is 5.88. The molecule has 0 bridgehead atoms. The minimum absolute atomic E-state index is 0.154. The minimum Gasteiger partial charge on any atom is -0.346 e. The molecule has 136 valence electrons. The summed E-state index contributed by atoms with van der Waals surface area (Å²) < 4.78 is 0. The fourth-order valence-electron chi connectivity index (χ4n) is 3.10. The summed E-state index contributed by atoms with van der Waals surface area (Å²) in [6, 6.07) is 3.34. The van der Waals surface area contributed by atoms with Gasteiger partial charge in [-0.25, -0.2) is 0 Å². The van der Waals surface area contributed by atoms with E-state index in [9.17, 15) is 9.59 Å². The predicted molar refractivity (Wildman–Crippen MR) is 96.1 cm³/mol. The number of nitrogens with one attached hydrogen (secondary N) is 1. The van der Waals surface area contributed by atoms with Crippen LogP contribution in [-0.4, -0.2) is 44.8 Å². The first-order valence-corrected chi connectivity index (χ1v) is 8.85. The van der Waals surface area contributed by atoms with E-state index in [4.69, 9.17) is 0 Å². The van der Waals surface area contributed by atoms with Crippen LogP contribution in [0.15, 0.2) is 36.9 Å². The van der Waals surface area contributed by atoms with Crippen molar-refractivity contribution in [3.05, 3.63) is 53.9 Å². The molecule has 7 nitrogen and oxygen atoms in total. The number of hydrogen-bond donors (Lipinski definition) is 1. The molecule has 2 aromatic rings. The summed E-state index contributed by atoms with van der Waals surface area (Å²) in [6.07, 6.45) is 9.56. The van der Waals surface area contributed by atoms with Crippen molar-refractivity contribution in [3.8, 4) is 0 Å². The number of carbonyl (C=O) groups is 2. The highest BCUT2D eigenvalue weighted by atomic mass is 16.2. The van der Waals surface area contributed by atoms with Gasteiger partial charge in [0, 0.05) is 44.2 Å². The topological polar surface area (TPSA) is 88.1 Å². The lowest BCUT2D eigenvalue weighted by Crippen LogP contribution is -2.37. The third-order valence-corrected chi connectivity index (χ3v) is 4.69. The van der Waals surface area contributed by atoms with E-state index in [1.165, 1.54) is 0 Å². The number of hydrogen-bond acceptors (Lipinski definition) is 5. The molecule has 2 amide bonds. The molecule has 0 atom stereocenters. The summed E-state index contributed by atoms with van der Waals surface area (Å²) in [7, 11) is 0. The van der Waals surface area contributed by atoms with Gasteiger partial charge in [0.05, 0.1) is 24.1 Å². The molecule has 0 aliphatic carbocycles. The van der Waals surface area contributed by atoms with Crippen molar-refractivity contribution >= 4 is 11.8 Å². The van der Waals surface area contributed by atoms with E-state index in [-0.39, 0.29) is 11.8 Å². The van der Waals surface area contributed by atoms with Crippen LogP contribution in [0.2, 0.25) is 0 Å². The molecular weight excluding hydrogens is 330 g/mol. The van der Waals surface area contributed by atoms with Gasteiger partial charge in [-0.1, -0.05) is 0 Å². The van der Waals surface area contributed by atoms with Gasteiger partial charge < -0.3 is 10.2 Å². The van der Waals surface area contributed by atoms with Crippen LogP contribution in [0.3, 0.4) is 0 Å². The maximum absolute atomic E-state index is 12.0. The number of nitrogens with zero attached hydrogens (tertiary/aromatic N) is 4. The van der Waals surface area contributed by atoms with Crippen molar-refractivity contribution in [2.24, 2.45) is 5.92 Å². The van der Waals surface area contributed by atoms with Crippen molar-refractivity contribution in [1.82, 2.24) is 25.2 Å². The number of rotatable bonds is 5. The summed E-state index contributed by atoms with van der Waals surface area (Å²) in [5.41, 5.74) is 2.25. The Morgan fingerprint density at radius 1 is 1.12 bits per heavy atom. The van der Waals surface area contributed by atoms with Crippen LogP contribution in [0.1, 0.15) is 41.5 Å². The molecule has 1 aliphatic heterocycles. The molecule has 0 spiro atoms. The van der Waals surface area contributed by atoms with Crippen molar-refractivity contribution < 1.29 is 9.59 Å². The average molecular weight is 353 g/mol. The van der Waals surface area contributed by atoms with E-state index in [0.29, 0.717) is 18.0 Å². The fraction of sp³-hybridized carbons (Fsp3) is 0.421. The van der Waals surface area contributed by atoms with Gasteiger partial charge in [-0.15, -0.1) is 0 Å². The van der Waals surface area contributed by atoms with Crippen molar-refractivity contribution in [3.63, 3.8) is 0 Å². The predicted octanol–water partition coefficient (Wildman–Crippen LogP) is 1.60. The largest absolute Gasteiger partial charge is 0.346 e. The summed E-state index contributed by atoms with van der Waals surface area (Å²) in [5.74, 6) is 0.536. The highest BCUT2D eigenvalue weighted by molar-refractivity contribution is 5.93. The van der Waals surface area contributed by atoms with Gasteiger partial charge in [0.1, 0.15) is 0 Å². The third kappa shape index (κ3) is 4.84. The van der Waals surface area contributed by atoms with Crippen LogP contribution in [0.25, 0.3) is 0 Å². The molecule has 1 N–H and O–H groups in total. The van der Waals surface area contributed by atoms with E-state index >= 15 is 0 Å². The van der Waals surface area contributed by atoms with Gasteiger partial charge in [-0.3, -0.25) is 24.5 Å². The number of amides is 2. The lowest BCUT2D eigenvalue weighted by Gasteiger charge is -2.31. The third-order valence-electron chi connectivity index (χ3n) is 4.69. The molecule has 0 radical (unpaired) electrons. The van der Waals surface area contributed by atoms with Gasteiger partial charge in [-0.05, 0) is 37.3 Å². The van der Waals surface area contributed by atoms with E-state index in [1.807, 2.05) is 4.90 Å². The molecule has 1 fully saturated rings. The summed E-state index contributed by atoms with van der Waals surface area (Å²) in [6.45, 7) is 3.61. The molecule has 0 unspecified atom stereocenters. The molecule has 7 heteroatoms. The zero-order valence-corrected chi connectivity index (χ0v) is 14.9. The lowest BCUT2D eigenvalue weighted by atomic mass is 9.92. The summed E-state index contributed by atoms with van der Waals surface area (Å²) in [4.78, 5) is 38.0. The second-order valence-corrected chi connectivity index (χ2v) is 6.57. The normalized spacial score (nSPS) is 14.9. The summed E-state index contributed by atoms with van der Waals surface area (Å²) in [5, 5.41) is 2.82. The highest BCUT2D eigenvalue weighted by Crippen LogP contribution is 2.20. The van der Waals surface area contributed by atoms with Crippen LogP contribution >= 0.6 is 0 Å². The van der Waals surface area contributed by atoms with Crippen LogP contribution < -0.4 is 5.32 Å². The Labute approximate surface area is 152 Å². The molecule has 0 saturated carbocycles. The zero-order valence-electron chi connectivity index (χ0n) is 14.9. The summed E-state index contributed by atoms with van der Waals surface area (Å²) >= 11 is 0. The number of aromatic nitrogens is 3. The second kappa shape index (κ2) is 8.51. The Morgan fingerprint density at radius 3 is 2.38 bits per heavy atom. The Morgan fingerprint density at radius 2 is 1.77 bits per heavy atom. The smallest absolute Gasteiger partial charge is 0.251 e. The number of likely N-dealkylation sites (tertiary alicyclic amines) is 1. The molecule has 2 aromatic heterocycles. The maximum Gasteiger partial charge on any atom is 0.251 e. The lowest BCUT2D eigenvalue weighted by molar-refractivity contribution is -0.130. The molecule has 1 saturated heterocycles. The first kappa shape index (κ1) is 18.0. The number of piperidine rings is 1. The standard InChI is InChI=1S/C19H23N5O2/c1-14(25)24-8-4-15(5-9-24)10-17-11-22-18(12-21-17)13-23-19(26)16-2-6-20-7-3-16/h2-3,6-7,11-12,15H,4-5,8-10,13H2,1H3,(H,23,26). The molecule has 26 heavy (non-hydrogen) atoms. The first-order valence-electron chi connectivity index (χ1n) is 8.85. The van der Waals surface area contributed by atoms with E-state index < -0.39 is 0 Å². The Bertz CT molecular complexity index is 740. The molecular formula is C19H23N5O2. The fourth-order valence-corrected chi connectivity index (χ4v) is 3.10. The average Bonchev–Trinajstić information content (AvgIpc) is 2.68. The quantitative estimate of drug-likeness (QED) is 0.882. The van der Waals surface area contributed by atoms with E-state index in [0.717, 1.165) is 43.7 Å². The van der Waals surface area contributed by atoms with Gasteiger partial charge in [-0.2, -0.15) is 0 Å². The highest BCUT2D eigenvalue weighted by Gasteiger charge is 2.21. The molecule has 0 aromatic carbocycles. The maximum atomic E-state index is 12.0. The number of pyridine rings is 1. The van der Waals surface area contributed by atoms with Crippen molar-refractivity contribution in [2.45, 2.75) is 32.7 Å². The Balaban J connectivity index is 1.46. The zero-order chi connectivity index (χ0) is 18.4. The SMILES string of the molecule is CC(=O)N1CCC(Cc2cnc(CNC(=O)c3ccncc3)cn2)CC1. The Hall–Kier alpha value is -2.83. The molecule has 3 heterocycles. The van der Waals surface area contributed by atoms with E-state index in [1.54, 1.807) is 43.8 Å². The van der Waals surface area contributed by atoms with Crippen LogP contribution in [0, 0.1) is 5.92 Å².